The Labute approximate surface area is 198 Å². The van der Waals surface area contributed by atoms with Crippen LogP contribution in [0.5, 0.6) is 5.75 Å². The van der Waals surface area contributed by atoms with E-state index in [9.17, 15) is 13.2 Å². The zero-order valence-electron chi connectivity index (χ0n) is 18.9. The monoisotopic (exact) mass is 485 g/mol. The van der Waals surface area contributed by atoms with Crippen LogP contribution < -0.4 is 10.1 Å². The lowest BCUT2D eigenvalue weighted by Gasteiger charge is -2.31. The SMILES string of the molecule is COc1ccc(C)cc1S(=O)(=O)N1CCC(C(=O)Nc2cccc(-c3csc(C)n3)c2)CC1. The number of thiazole rings is 1. The minimum absolute atomic E-state index is 0.0909. The van der Waals surface area contributed by atoms with Crippen LogP contribution in [0.2, 0.25) is 0 Å². The molecule has 0 saturated carbocycles. The summed E-state index contributed by atoms with van der Waals surface area (Å²) >= 11 is 1.59. The number of hydrogen-bond donors (Lipinski definition) is 1. The summed E-state index contributed by atoms with van der Waals surface area (Å²) in [5.74, 6) is -0.0107. The van der Waals surface area contributed by atoms with Crippen molar-refractivity contribution in [3.05, 3.63) is 58.4 Å². The predicted molar refractivity (Wildman–Crippen MR) is 130 cm³/mol. The number of methoxy groups -OCH3 is 1. The first-order valence-corrected chi connectivity index (χ1v) is 13.1. The van der Waals surface area contributed by atoms with Gasteiger partial charge < -0.3 is 10.1 Å². The molecule has 1 aliphatic rings. The number of hydrogen-bond acceptors (Lipinski definition) is 6. The molecule has 7 nitrogen and oxygen atoms in total. The molecule has 1 amide bonds. The lowest BCUT2D eigenvalue weighted by molar-refractivity contribution is -0.120. The summed E-state index contributed by atoms with van der Waals surface area (Å²) in [6, 6.07) is 12.7. The van der Waals surface area contributed by atoms with E-state index >= 15 is 0 Å². The van der Waals surface area contributed by atoms with Crippen molar-refractivity contribution in [3.8, 4) is 17.0 Å². The van der Waals surface area contributed by atoms with Crippen LogP contribution in [-0.4, -0.2) is 43.8 Å². The third-order valence-corrected chi connectivity index (χ3v) is 8.50. The Morgan fingerprint density at radius 3 is 2.58 bits per heavy atom. The van der Waals surface area contributed by atoms with E-state index in [1.807, 2.05) is 49.6 Å². The number of nitrogens with zero attached hydrogens (tertiary/aromatic N) is 2. The number of ether oxygens (including phenoxy) is 1. The molecule has 0 radical (unpaired) electrons. The summed E-state index contributed by atoms with van der Waals surface area (Å²) in [4.78, 5) is 17.5. The fourth-order valence-electron chi connectivity index (χ4n) is 3.98. The normalized spacial score (nSPS) is 15.4. The van der Waals surface area contributed by atoms with Crippen molar-refractivity contribution in [3.63, 3.8) is 0 Å². The number of anilines is 1. The quantitative estimate of drug-likeness (QED) is 0.556. The maximum absolute atomic E-state index is 13.2. The summed E-state index contributed by atoms with van der Waals surface area (Å²) in [5, 5.41) is 5.97. The van der Waals surface area contributed by atoms with Gasteiger partial charge in [-0.05, 0) is 56.5 Å². The lowest BCUT2D eigenvalue weighted by Crippen LogP contribution is -2.41. The second-order valence-corrected chi connectivity index (χ2v) is 11.1. The first-order valence-electron chi connectivity index (χ1n) is 10.8. The van der Waals surface area contributed by atoms with Gasteiger partial charge in [0.15, 0.2) is 0 Å². The van der Waals surface area contributed by atoms with Gasteiger partial charge in [0.2, 0.25) is 15.9 Å². The molecule has 1 saturated heterocycles. The van der Waals surface area contributed by atoms with Gasteiger partial charge in [0.1, 0.15) is 10.6 Å². The Bertz CT molecular complexity index is 1260. The van der Waals surface area contributed by atoms with E-state index in [4.69, 9.17) is 4.74 Å². The summed E-state index contributed by atoms with van der Waals surface area (Å²) in [7, 11) is -2.24. The zero-order valence-corrected chi connectivity index (χ0v) is 20.5. The summed E-state index contributed by atoms with van der Waals surface area (Å²) < 4.78 is 33.1. The highest BCUT2D eigenvalue weighted by atomic mass is 32.2. The average Bonchev–Trinajstić information content (AvgIpc) is 3.25. The molecule has 174 valence electrons. The molecule has 1 aromatic heterocycles. The van der Waals surface area contributed by atoms with Crippen molar-refractivity contribution in [2.75, 3.05) is 25.5 Å². The van der Waals surface area contributed by atoms with Crippen molar-refractivity contribution < 1.29 is 17.9 Å². The molecule has 0 aliphatic carbocycles. The molecule has 2 aromatic carbocycles. The number of sulfonamides is 1. The minimum Gasteiger partial charge on any atom is -0.495 e. The summed E-state index contributed by atoms with van der Waals surface area (Å²) in [5.41, 5.74) is 3.39. The number of aryl methyl sites for hydroxylation is 2. The molecular weight excluding hydrogens is 458 g/mol. The second kappa shape index (κ2) is 9.62. The van der Waals surface area contributed by atoms with Gasteiger partial charge in [-0.3, -0.25) is 4.79 Å². The van der Waals surface area contributed by atoms with E-state index in [0.717, 1.165) is 21.8 Å². The van der Waals surface area contributed by atoms with Crippen molar-refractivity contribution in [2.45, 2.75) is 31.6 Å². The Morgan fingerprint density at radius 1 is 1.15 bits per heavy atom. The second-order valence-electron chi connectivity index (χ2n) is 8.15. The Balaban J connectivity index is 1.41. The van der Waals surface area contributed by atoms with E-state index in [1.54, 1.807) is 23.5 Å². The van der Waals surface area contributed by atoms with E-state index in [2.05, 4.69) is 10.3 Å². The van der Waals surface area contributed by atoms with Gasteiger partial charge in [-0.2, -0.15) is 4.31 Å². The number of carbonyl (C=O) groups is 1. The molecule has 1 fully saturated rings. The van der Waals surface area contributed by atoms with Gasteiger partial charge in [0, 0.05) is 35.6 Å². The largest absolute Gasteiger partial charge is 0.495 e. The predicted octanol–water partition coefficient (Wildman–Crippen LogP) is 4.47. The van der Waals surface area contributed by atoms with Gasteiger partial charge in [0.25, 0.3) is 0 Å². The molecule has 0 atom stereocenters. The van der Waals surface area contributed by atoms with Crippen LogP contribution >= 0.6 is 11.3 Å². The van der Waals surface area contributed by atoms with E-state index in [1.165, 1.54) is 11.4 Å². The van der Waals surface area contributed by atoms with Crippen molar-refractivity contribution in [2.24, 2.45) is 5.92 Å². The molecule has 4 rings (SSSR count). The zero-order chi connectivity index (χ0) is 23.6. The minimum atomic E-state index is -3.70. The summed E-state index contributed by atoms with van der Waals surface area (Å²) in [6.07, 6.45) is 0.925. The van der Waals surface area contributed by atoms with Gasteiger partial charge in [-0.25, -0.2) is 13.4 Å². The topological polar surface area (TPSA) is 88.6 Å². The van der Waals surface area contributed by atoms with Crippen molar-refractivity contribution in [1.29, 1.82) is 0 Å². The molecule has 0 unspecified atom stereocenters. The Morgan fingerprint density at radius 2 is 1.91 bits per heavy atom. The van der Waals surface area contributed by atoms with Crippen LogP contribution in [0, 0.1) is 19.8 Å². The van der Waals surface area contributed by atoms with Crippen LogP contribution in [0.1, 0.15) is 23.4 Å². The number of nitrogens with one attached hydrogen (secondary N) is 1. The molecular formula is C24H27N3O4S2. The summed E-state index contributed by atoms with van der Waals surface area (Å²) in [6.45, 7) is 4.38. The highest BCUT2D eigenvalue weighted by Gasteiger charge is 2.33. The molecule has 9 heteroatoms. The first kappa shape index (κ1) is 23.4. The number of piperidine rings is 1. The molecule has 0 spiro atoms. The number of benzene rings is 2. The highest BCUT2D eigenvalue weighted by Crippen LogP contribution is 2.31. The number of aromatic nitrogens is 1. The molecule has 2 heterocycles. The van der Waals surface area contributed by atoms with Gasteiger partial charge in [-0.15, -0.1) is 11.3 Å². The Kier molecular flexibility index (Phi) is 6.83. The smallest absolute Gasteiger partial charge is 0.246 e. The van der Waals surface area contributed by atoms with E-state index in [0.29, 0.717) is 24.3 Å². The van der Waals surface area contributed by atoms with Gasteiger partial charge in [-0.1, -0.05) is 18.2 Å². The molecule has 1 aliphatic heterocycles. The van der Waals surface area contributed by atoms with Crippen LogP contribution in [0.4, 0.5) is 5.69 Å². The van der Waals surface area contributed by atoms with Crippen LogP contribution in [-0.2, 0) is 14.8 Å². The fraction of sp³-hybridized carbons (Fsp3) is 0.333. The first-order chi connectivity index (χ1) is 15.8. The average molecular weight is 486 g/mol. The van der Waals surface area contributed by atoms with Gasteiger partial charge in [0.05, 0.1) is 17.8 Å². The lowest BCUT2D eigenvalue weighted by atomic mass is 9.97. The molecule has 3 aromatic rings. The van der Waals surface area contributed by atoms with Gasteiger partial charge >= 0.3 is 0 Å². The maximum atomic E-state index is 13.2. The molecule has 1 N–H and O–H groups in total. The Hall–Kier alpha value is -2.75. The standard InChI is InChI=1S/C24H27N3O4S2/c1-16-7-8-22(31-3)23(13-16)33(29,30)27-11-9-18(10-12-27)24(28)26-20-6-4-5-19(14-20)21-15-32-17(2)25-21/h4-8,13-15,18H,9-12H2,1-3H3,(H,26,28). The fourth-order valence-corrected chi connectivity index (χ4v) is 6.31. The third-order valence-electron chi connectivity index (χ3n) is 5.81. The third kappa shape index (κ3) is 5.10. The maximum Gasteiger partial charge on any atom is 0.246 e. The molecule has 0 bridgehead atoms. The molecule has 33 heavy (non-hydrogen) atoms. The van der Waals surface area contributed by atoms with Crippen molar-refractivity contribution >= 4 is 33.0 Å². The number of carbonyl (C=O) groups excluding carboxylic acids is 1. The van der Waals surface area contributed by atoms with Crippen molar-refractivity contribution in [1.82, 2.24) is 9.29 Å². The van der Waals surface area contributed by atoms with Crippen LogP contribution in [0.3, 0.4) is 0 Å². The van der Waals surface area contributed by atoms with E-state index in [-0.39, 0.29) is 29.8 Å². The van der Waals surface area contributed by atoms with Crippen LogP contribution in [0.25, 0.3) is 11.3 Å². The number of amides is 1. The van der Waals surface area contributed by atoms with E-state index < -0.39 is 10.0 Å². The van der Waals surface area contributed by atoms with Crippen LogP contribution in [0.15, 0.2) is 52.7 Å². The highest BCUT2D eigenvalue weighted by molar-refractivity contribution is 7.89. The number of rotatable bonds is 6.